The molecule has 0 radical (unpaired) electrons. The van der Waals surface area contributed by atoms with Crippen LogP contribution in [0.3, 0.4) is 0 Å². The number of anilines is 2. The Morgan fingerprint density at radius 3 is 1.42 bits per heavy atom. The number of carbonyl (C=O) groups excluding carboxylic acids is 3. The molecular weight excluding hydrogens is 1030 g/mol. The topological polar surface area (TPSA) is 209 Å². The van der Waals surface area contributed by atoms with E-state index in [2.05, 4.69) is 61.9 Å². The monoisotopic (exact) mass is 1080 g/mol. The summed E-state index contributed by atoms with van der Waals surface area (Å²) in [5.41, 5.74) is 1.21. The smallest absolute Gasteiger partial charge is 0.351 e. The van der Waals surface area contributed by atoms with Gasteiger partial charge in [0.25, 0.3) is 11.8 Å². The van der Waals surface area contributed by atoms with Gasteiger partial charge in [-0.15, -0.1) is 0 Å². The maximum Gasteiger partial charge on any atom is 0.351 e. The van der Waals surface area contributed by atoms with Crippen molar-refractivity contribution in [2.75, 3.05) is 57.5 Å². The van der Waals surface area contributed by atoms with Crippen molar-refractivity contribution in [1.82, 2.24) is 33.3 Å². The first-order valence-corrected chi connectivity index (χ1v) is 27.0. The molecule has 19 nitrogen and oxygen atoms in total. The van der Waals surface area contributed by atoms with E-state index in [1.54, 1.807) is 105 Å². The number of amides is 2. The molecular formula is C59H56N9O10P. The molecule has 0 saturated carbocycles. The van der Waals surface area contributed by atoms with Crippen LogP contribution in [0.1, 0.15) is 60.2 Å². The average Bonchev–Trinajstić information content (AvgIpc) is 3.65. The van der Waals surface area contributed by atoms with E-state index in [1.807, 2.05) is 54.6 Å². The first kappa shape index (κ1) is 53.9. The second-order valence-electron chi connectivity index (χ2n) is 18.9. The predicted molar refractivity (Wildman–Crippen MR) is 295 cm³/mol. The number of benzene rings is 6. The molecule has 5 atom stereocenters. The number of nitrogens with zero attached hydrogens (tertiary/aromatic N) is 7. The maximum atomic E-state index is 15.9. The van der Waals surface area contributed by atoms with Crippen molar-refractivity contribution in [3.05, 3.63) is 261 Å². The number of rotatable bonds is 17. The molecule has 4 heterocycles. The van der Waals surface area contributed by atoms with Crippen molar-refractivity contribution in [1.29, 1.82) is 0 Å². The van der Waals surface area contributed by atoms with Gasteiger partial charge in [0.2, 0.25) is 6.29 Å². The molecule has 2 aromatic heterocycles. The van der Waals surface area contributed by atoms with Crippen LogP contribution >= 0.6 is 7.67 Å². The summed E-state index contributed by atoms with van der Waals surface area (Å²) in [5.74, 6) is -1.62. The molecule has 402 valence electrons. The van der Waals surface area contributed by atoms with Crippen molar-refractivity contribution < 1.29 is 37.7 Å². The van der Waals surface area contributed by atoms with Crippen molar-refractivity contribution in [3.63, 3.8) is 0 Å². The molecule has 2 amide bonds. The van der Waals surface area contributed by atoms with E-state index < -0.39 is 67.2 Å². The van der Waals surface area contributed by atoms with Gasteiger partial charge < -0.3 is 29.4 Å². The lowest BCUT2D eigenvalue weighted by atomic mass is 9.75. The zero-order chi connectivity index (χ0) is 54.9. The standard InChI is InChI=1S/C59H56N9O10P/c1-64(2)79(74,66-39-52(77-53(40-66)78-56(71)44-25-13-5-14-26-44)68-36-34-50(63-58(68)73)61-55(70)43-23-11-4-12-24-43)75-41-48-37-65(38-51(76-48)67-35-33-49(62-57(67)72)60-54(69)42-21-9-3-10-22-42)59(45-27-15-6-16-28-45,46-29-17-7-18-30-46)47-31-19-8-20-32-47/h3-36,48,51-53H,37-41H2,1-2H3,(H,60,62,69,72)(H,61,63,70,73)/t48-,51+,52+,53-,79-/m0/s1. The van der Waals surface area contributed by atoms with Crippen LogP contribution in [0, 0.1) is 0 Å². The average molecular weight is 1080 g/mol. The highest BCUT2D eigenvalue weighted by molar-refractivity contribution is 7.53. The molecule has 2 fully saturated rings. The summed E-state index contributed by atoms with van der Waals surface area (Å²) < 4.78 is 47.0. The predicted octanol–water partition coefficient (Wildman–Crippen LogP) is 7.90. The van der Waals surface area contributed by atoms with Gasteiger partial charge in [0.05, 0.1) is 36.9 Å². The van der Waals surface area contributed by atoms with E-state index in [4.69, 9.17) is 18.7 Å². The minimum atomic E-state index is -4.22. The lowest BCUT2D eigenvalue weighted by Gasteiger charge is -2.51. The third-order valence-electron chi connectivity index (χ3n) is 13.6. The molecule has 10 rings (SSSR count). The molecule has 2 aliphatic heterocycles. The SMILES string of the molecule is CN(C)[P@](=O)(OC[C@@H]1CN(C(c2ccccc2)(c2ccccc2)c2ccccc2)C[C@H](n2ccc(NC(=O)c3ccccc3)nc2=O)O1)N1C[C@H](OC(=O)c2ccccc2)O[C@@H](n2ccc(NC(=O)c3ccccc3)nc2=O)C1. The lowest BCUT2D eigenvalue weighted by molar-refractivity contribution is -0.199. The summed E-state index contributed by atoms with van der Waals surface area (Å²) in [4.78, 5) is 78.5. The largest absolute Gasteiger partial charge is 0.431 e. The summed E-state index contributed by atoms with van der Waals surface area (Å²) in [5, 5.41) is 5.36. The molecule has 20 heteroatoms. The Morgan fingerprint density at radius 1 is 0.570 bits per heavy atom. The Morgan fingerprint density at radius 2 is 0.987 bits per heavy atom. The molecule has 8 aromatic rings. The van der Waals surface area contributed by atoms with Crippen molar-refractivity contribution in [2.24, 2.45) is 0 Å². The van der Waals surface area contributed by atoms with E-state index in [1.165, 1.54) is 38.4 Å². The molecule has 0 aliphatic carbocycles. The summed E-state index contributed by atoms with van der Waals surface area (Å²) >= 11 is 0. The second-order valence-corrected chi connectivity index (χ2v) is 21.5. The number of esters is 1. The Labute approximate surface area is 455 Å². The zero-order valence-electron chi connectivity index (χ0n) is 43.1. The normalized spacial score (nSPS) is 18.7. The second kappa shape index (κ2) is 24.0. The number of ether oxygens (including phenoxy) is 3. The number of nitrogens with one attached hydrogen (secondary N) is 2. The van der Waals surface area contributed by atoms with Gasteiger partial charge in [0, 0.05) is 36.6 Å². The van der Waals surface area contributed by atoms with Crippen LogP contribution in [0.25, 0.3) is 0 Å². The molecule has 2 aliphatic rings. The van der Waals surface area contributed by atoms with Crippen molar-refractivity contribution >= 4 is 37.1 Å². The van der Waals surface area contributed by atoms with Gasteiger partial charge in [-0.25, -0.2) is 23.7 Å². The zero-order valence-corrected chi connectivity index (χ0v) is 44.0. The number of hydrogen-bond acceptors (Lipinski definition) is 13. The number of carbonyl (C=O) groups is 3. The molecule has 2 N–H and O–H groups in total. The third-order valence-corrected chi connectivity index (χ3v) is 16.1. The highest BCUT2D eigenvalue weighted by Crippen LogP contribution is 2.55. The number of aromatic nitrogens is 4. The van der Waals surface area contributed by atoms with Gasteiger partial charge >= 0.3 is 25.0 Å². The fourth-order valence-electron chi connectivity index (χ4n) is 9.89. The van der Waals surface area contributed by atoms with Crippen LogP contribution in [0.4, 0.5) is 11.6 Å². The minimum Gasteiger partial charge on any atom is -0.431 e. The molecule has 6 aromatic carbocycles. The van der Waals surface area contributed by atoms with Crippen LogP contribution in [-0.2, 0) is 28.8 Å². The van der Waals surface area contributed by atoms with Gasteiger partial charge in [0.1, 0.15) is 11.6 Å². The highest BCUT2D eigenvalue weighted by Gasteiger charge is 2.49. The third kappa shape index (κ3) is 11.8. The van der Waals surface area contributed by atoms with E-state index in [9.17, 15) is 24.0 Å². The summed E-state index contributed by atoms with van der Waals surface area (Å²) in [6.07, 6.45) is -1.65. The van der Waals surface area contributed by atoms with Gasteiger partial charge in [-0.3, -0.25) is 28.2 Å². The maximum absolute atomic E-state index is 15.9. The van der Waals surface area contributed by atoms with E-state index in [-0.39, 0.29) is 50.0 Å². The van der Waals surface area contributed by atoms with Gasteiger partial charge in [-0.2, -0.15) is 9.97 Å². The Bertz CT molecular complexity index is 3470. The number of hydrogen-bond donors (Lipinski definition) is 2. The van der Waals surface area contributed by atoms with Crippen LogP contribution in [-0.4, -0.2) is 110 Å². The highest BCUT2D eigenvalue weighted by atomic mass is 31.2. The van der Waals surface area contributed by atoms with E-state index in [0.29, 0.717) is 11.1 Å². The molecule has 0 spiro atoms. The Balaban J connectivity index is 0.995. The van der Waals surface area contributed by atoms with Crippen LogP contribution in [0.2, 0.25) is 0 Å². The lowest BCUT2D eigenvalue weighted by Crippen LogP contribution is -2.58. The van der Waals surface area contributed by atoms with Crippen LogP contribution < -0.4 is 22.0 Å². The quantitative estimate of drug-likeness (QED) is 0.0505. The van der Waals surface area contributed by atoms with Crippen LogP contribution in [0.5, 0.6) is 0 Å². The van der Waals surface area contributed by atoms with E-state index in [0.717, 1.165) is 21.3 Å². The fraction of sp³-hybridized carbons (Fsp3) is 0.203. The summed E-state index contributed by atoms with van der Waals surface area (Å²) in [6, 6.07) is 58.3. The van der Waals surface area contributed by atoms with Gasteiger partial charge in [-0.1, -0.05) is 146 Å². The van der Waals surface area contributed by atoms with E-state index >= 15 is 4.57 Å². The molecule has 79 heavy (non-hydrogen) atoms. The molecule has 0 unspecified atom stereocenters. The van der Waals surface area contributed by atoms with Gasteiger partial charge in [-0.05, 0) is 79.3 Å². The van der Waals surface area contributed by atoms with Crippen LogP contribution in [0.15, 0.2) is 216 Å². The molecule has 0 bridgehead atoms. The molecule has 2 saturated heterocycles. The van der Waals surface area contributed by atoms with Gasteiger partial charge in [0.15, 0.2) is 12.5 Å². The minimum absolute atomic E-state index is 0.0171. The van der Waals surface area contributed by atoms with Crippen molar-refractivity contribution in [3.8, 4) is 0 Å². The van der Waals surface area contributed by atoms with Crippen molar-refractivity contribution in [2.45, 2.75) is 30.4 Å². The first-order chi connectivity index (χ1) is 38.4. The number of morpholine rings is 2. The Kier molecular flexibility index (Phi) is 16.4. The summed E-state index contributed by atoms with van der Waals surface area (Å²) in [6.45, 7) is -0.480. The first-order valence-electron chi connectivity index (χ1n) is 25.5. The fourth-order valence-corrected chi connectivity index (χ4v) is 11.8. The summed E-state index contributed by atoms with van der Waals surface area (Å²) in [7, 11) is -1.05. The Hall–Kier alpha value is -8.52.